The van der Waals surface area contributed by atoms with Crippen LogP contribution in [0, 0.1) is 0 Å². The van der Waals surface area contributed by atoms with Crippen molar-refractivity contribution in [3.63, 3.8) is 0 Å². The number of nitrogens with one attached hydrogen (secondary N) is 1. The maximum atomic E-state index is 13.3. The van der Waals surface area contributed by atoms with E-state index in [9.17, 15) is 9.59 Å². The summed E-state index contributed by atoms with van der Waals surface area (Å²) in [7, 11) is 0. The van der Waals surface area contributed by atoms with Gasteiger partial charge in [0.15, 0.2) is 11.5 Å². The fourth-order valence-corrected chi connectivity index (χ4v) is 3.90. The van der Waals surface area contributed by atoms with Crippen LogP contribution in [0.3, 0.4) is 0 Å². The number of hydrogen-bond acceptors (Lipinski definition) is 4. The summed E-state index contributed by atoms with van der Waals surface area (Å²) in [6.45, 7) is 6.20. The molecule has 1 aliphatic rings. The Bertz CT molecular complexity index is 885. The number of hydrogen-bond donors (Lipinski definition) is 1. The topological polar surface area (TPSA) is 67.9 Å². The van der Waals surface area contributed by atoms with Crippen molar-refractivity contribution in [1.82, 2.24) is 10.2 Å². The number of carbonyl (C=O) groups is 2. The van der Waals surface area contributed by atoms with E-state index in [-0.39, 0.29) is 11.8 Å². The van der Waals surface area contributed by atoms with E-state index < -0.39 is 6.04 Å². The SMILES string of the molecule is CCCNC(=O)[C@H](CC)N(CCc1ccccc1)C(=O)CCc1ccc2c(c1)OCCO2. The molecule has 0 saturated carbocycles. The zero-order chi connectivity index (χ0) is 22.8. The van der Waals surface area contributed by atoms with E-state index in [2.05, 4.69) is 17.4 Å². The zero-order valence-corrected chi connectivity index (χ0v) is 19.1. The molecular formula is C26H34N2O4. The standard InChI is InChI=1S/C26H34N2O4/c1-3-15-27-26(30)22(4-2)28(16-14-20-8-6-5-7-9-20)25(29)13-11-21-10-12-23-24(19-21)32-18-17-31-23/h5-10,12,19,22H,3-4,11,13-18H2,1-2H3,(H,27,30)/t22-/m0/s1. The summed E-state index contributed by atoms with van der Waals surface area (Å²) in [5.41, 5.74) is 2.18. The predicted octanol–water partition coefficient (Wildman–Crippen LogP) is 3.77. The third kappa shape index (κ3) is 6.49. The highest BCUT2D eigenvalue weighted by atomic mass is 16.6. The molecule has 1 heterocycles. The molecule has 0 radical (unpaired) electrons. The molecule has 1 N–H and O–H groups in total. The molecule has 2 aromatic rings. The Hall–Kier alpha value is -3.02. The number of aryl methyl sites for hydroxylation is 1. The molecule has 1 aliphatic heterocycles. The first-order valence-corrected chi connectivity index (χ1v) is 11.6. The van der Waals surface area contributed by atoms with Gasteiger partial charge in [0.1, 0.15) is 19.3 Å². The van der Waals surface area contributed by atoms with Crippen LogP contribution in [-0.4, -0.2) is 49.1 Å². The van der Waals surface area contributed by atoms with Crippen LogP contribution in [0.4, 0.5) is 0 Å². The van der Waals surface area contributed by atoms with E-state index in [1.54, 1.807) is 4.90 Å². The Morgan fingerprint density at radius 2 is 1.72 bits per heavy atom. The first-order valence-electron chi connectivity index (χ1n) is 11.6. The lowest BCUT2D eigenvalue weighted by atomic mass is 10.1. The van der Waals surface area contributed by atoms with Crippen LogP contribution >= 0.6 is 0 Å². The molecule has 0 unspecified atom stereocenters. The number of benzene rings is 2. The van der Waals surface area contributed by atoms with E-state index in [4.69, 9.17) is 9.47 Å². The van der Waals surface area contributed by atoms with Crippen molar-refractivity contribution in [1.29, 1.82) is 0 Å². The van der Waals surface area contributed by atoms with Crippen molar-refractivity contribution in [3.8, 4) is 11.5 Å². The normalized spacial score (nSPS) is 13.3. The van der Waals surface area contributed by atoms with Gasteiger partial charge in [-0.05, 0) is 48.9 Å². The van der Waals surface area contributed by atoms with Crippen molar-refractivity contribution in [2.45, 2.75) is 52.0 Å². The summed E-state index contributed by atoms with van der Waals surface area (Å²) in [5.74, 6) is 1.39. The van der Waals surface area contributed by atoms with Crippen molar-refractivity contribution < 1.29 is 19.1 Å². The number of ether oxygens (including phenoxy) is 2. The van der Waals surface area contributed by atoms with Crippen molar-refractivity contribution in [3.05, 3.63) is 59.7 Å². The Morgan fingerprint density at radius 1 is 0.969 bits per heavy atom. The molecule has 3 rings (SSSR count). The van der Waals surface area contributed by atoms with Gasteiger partial charge in [-0.1, -0.05) is 50.2 Å². The van der Waals surface area contributed by atoms with Crippen LogP contribution in [0.1, 0.15) is 44.2 Å². The molecule has 0 saturated heterocycles. The lowest BCUT2D eigenvalue weighted by Crippen LogP contribution is -2.50. The Labute approximate surface area is 190 Å². The van der Waals surface area contributed by atoms with Gasteiger partial charge in [-0.3, -0.25) is 9.59 Å². The molecule has 172 valence electrons. The second-order valence-electron chi connectivity index (χ2n) is 8.02. The lowest BCUT2D eigenvalue weighted by molar-refractivity contribution is -0.140. The summed E-state index contributed by atoms with van der Waals surface area (Å²) in [6.07, 6.45) is 3.09. The monoisotopic (exact) mass is 438 g/mol. The van der Waals surface area contributed by atoms with Gasteiger partial charge in [-0.25, -0.2) is 0 Å². The number of carbonyl (C=O) groups excluding carboxylic acids is 2. The van der Waals surface area contributed by atoms with Crippen LogP contribution < -0.4 is 14.8 Å². The summed E-state index contributed by atoms with van der Waals surface area (Å²) in [4.78, 5) is 27.8. The molecule has 0 fully saturated rings. The molecule has 0 spiro atoms. The molecular weight excluding hydrogens is 404 g/mol. The maximum Gasteiger partial charge on any atom is 0.242 e. The van der Waals surface area contributed by atoms with E-state index in [0.29, 0.717) is 52.0 Å². The molecule has 2 aromatic carbocycles. The van der Waals surface area contributed by atoms with Gasteiger partial charge in [0, 0.05) is 19.5 Å². The third-order valence-corrected chi connectivity index (χ3v) is 5.65. The van der Waals surface area contributed by atoms with Gasteiger partial charge in [0.2, 0.25) is 11.8 Å². The van der Waals surface area contributed by atoms with Gasteiger partial charge >= 0.3 is 0 Å². The fourth-order valence-electron chi connectivity index (χ4n) is 3.90. The quantitative estimate of drug-likeness (QED) is 0.580. The molecule has 6 nitrogen and oxygen atoms in total. The lowest BCUT2D eigenvalue weighted by Gasteiger charge is -2.30. The molecule has 6 heteroatoms. The maximum absolute atomic E-state index is 13.3. The Kier molecular flexibility index (Phi) is 8.96. The van der Waals surface area contributed by atoms with Crippen molar-refractivity contribution in [2.24, 2.45) is 0 Å². The second-order valence-corrected chi connectivity index (χ2v) is 8.02. The van der Waals surface area contributed by atoms with E-state index in [1.165, 1.54) is 0 Å². The summed E-state index contributed by atoms with van der Waals surface area (Å²) in [5, 5.41) is 2.96. The average Bonchev–Trinajstić information content (AvgIpc) is 2.84. The van der Waals surface area contributed by atoms with Gasteiger partial charge in [-0.2, -0.15) is 0 Å². The van der Waals surface area contributed by atoms with Gasteiger partial charge in [-0.15, -0.1) is 0 Å². The van der Waals surface area contributed by atoms with Gasteiger partial charge in [0.25, 0.3) is 0 Å². The number of nitrogens with zero attached hydrogens (tertiary/aromatic N) is 1. The van der Waals surface area contributed by atoms with Gasteiger partial charge in [0.05, 0.1) is 0 Å². The minimum Gasteiger partial charge on any atom is -0.486 e. The van der Waals surface area contributed by atoms with Crippen LogP contribution in [0.15, 0.2) is 48.5 Å². The van der Waals surface area contributed by atoms with Gasteiger partial charge < -0.3 is 19.7 Å². The highest BCUT2D eigenvalue weighted by molar-refractivity contribution is 5.87. The molecule has 2 amide bonds. The minimum absolute atomic E-state index is 0.00526. The van der Waals surface area contributed by atoms with E-state index >= 15 is 0 Å². The smallest absolute Gasteiger partial charge is 0.242 e. The Morgan fingerprint density at radius 3 is 2.44 bits per heavy atom. The minimum atomic E-state index is -0.460. The highest BCUT2D eigenvalue weighted by Crippen LogP contribution is 2.31. The van der Waals surface area contributed by atoms with Crippen molar-refractivity contribution in [2.75, 3.05) is 26.3 Å². The van der Waals surface area contributed by atoms with E-state index in [0.717, 1.165) is 29.0 Å². The van der Waals surface area contributed by atoms with Crippen LogP contribution in [0.5, 0.6) is 11.5 Å². The Balaban J connectivity index is 1.68. The van der Waals surface area contributed by atoms with Crippen LogP contribution in [-0.2, 0) is 22.4 Å². The second kappa shape index (κ2) is 12.1. The predicted molar refractivity (Wildman–Crippen MR) is 125 cm³/mol. The number of rotatable bonds is 11. The largest absolute Gasteiger partial charge is 0.486 e. The number of amides is 2. The summed E-state index contributed by atoms with van der Waals surface area (Å²) < 4.78 is 11.2. The average molecular weight is 439 g/mol. The van der Waals surface area contributed by atoms with Crippen LogP contribution in [0.25, 0.3) is 0 Å². The summed E-state index contributed by atoms with van der Waals surface area (Å²) in [6, 6.07) is 15.4. The van der Waals surface area contributed by atoms with E-state index in [1.807, 2.05) is 50.2 Å². The molecule has 1 atom stereocenters. The third-order valence-electron chi connectivity index (χ3n) is 5.65. The fraction of sp³-hybridized carbons (Fsp3) is 0.462. The molecule has 0 bridgehead atoms. The van der Waals surface area contributed by atoms with Crippen molar-refractivity contribution >= 4 is 11.8 Å². The molecule has 0 aromatic heterocycles. The molecule has 32 heavy (non-hydrogen) atoms. The molecule has 0 aliphatic carbocycles. The summed E-state index contributed by atoms with van der Waals surface area (Å²) >= 11 is 0. The van der Waals surface area contributed by atoms with Crippen LogP contribution in [0.2, 0.25) is 0 Å². The first kappa shape index (κ1) is 23.6. The number of fused-ring (bicyclic) bond motifs is 1. The zero-order valence-electron chi connectivity index (χ0n) is 19.1. The highest BCUT2D eigenvalue weighted by Gasteiger charge is 2.27. The first-order chi connectivity index (χ1) is 15.6.